The van der Waals surface area contributed by atoms with E-state index in [0.29, 0.717) is 0 Å². The molecule has 0 aliphatic rings. The van der Waals surface area contributed by atoms with E-state index < -0.39 is 0 Å². The maximum Gasteiger partial charge on any atom is 0.113 e. The van der Waals surface area contributed by atoms with Crippen molar-refractivity contribution < 1.29 is 5.11 Å². The van der Waals surface area contributed by atoms with Gasteiger partial charge in [-0.2, -0.15) is 0 Å². The molecule has 0 saturated carbocycles. The molecule has 44 heavy (non-hydrogen) atoms. The highest BCUT2D eigenvalue weighted by Gasteiger charge is 2.10. The van der Waals surface area contributed by atoms with Crippen molar-refractivity contribution in [1.82, 2.24) is 5.32 Å². The van der Waals surface area contributed by atoms with Gasteiger partial charge >= 0.3 is 0 Å². The predicted octanol–water partition coefficient (Wildman–Crippen LogP) is 10.7. The maximum absolute atomic E-state index is 10.1. The molecule has 0 aromatic heterocycles. The maximum atomic E-state index is 10.1. The van der Waals surface area contributed by atoms with Gasteiger partial charge in [0.1, 0.15) is 5.76 Å². The van der Waals surface area contributed by atoms with Gasteiger partial charge < -0.3 is 10.4 Å². The number of nitrogens with zero attached hydrogens (tertiary/aromatic N) is 1. The lowest BCUT2D eigenvalue weighted by atomic mass is 9.93. The molecule has 0 saturated heterocycles. The Bertz CT molecular complexity index is 1900. The van der Waals surface area contributed by atoms with Crippen LogP contribution >= 0.6 is 0 Å². The van der Waals surface area contributed by atoms with E-state index in [2.05, 4.69) is 127 Å². The van der Waals surface area contributed by atoms with Crippen LogP contribution in [0.2, 0.25) is 0 Å². The smallest absolute Gasteiger partial charge is 0.113 e. The van der Waals surface area contributed by atoms with Gasteiger partial charge in [-0.05, 0) is 107 Å². The lowest BCUT2D eigenvalue weighted by Gasteiger charge is -2.12. The molecule has 5 aromatic rings. The number of aliphatic hydroxyl groups excluding tert-OH is 1. The summed E-state index contributed by atoms with van der Waals surface area (Å²) in [4.78, 5) is 4.51. The molecule has 0 aliphatic heterocycles. The molecule has 2 N–H and O–H groups in total. The van der Waals surface area contributed by atoms with Crippen LogP contribution in [0, 0.1) is 6.92 Å². The van der Waals surface area contributed by atoms with E-state index in [1.165, 1.54) is 0 Å². The minimum absolute atomic E-state index is 0.266. The van der Waals surface area contributed by atoms with Gasteiger partial charge in [-0.1, -0.05) is 97.6 Å². The summed E-state index contributed by atoms with van der Waals surface area (Å²) in [5.74, 6) is 0.266. The number of aliphatic imine (C=N–C) groups is 1. The minimum Gasteiger partial charge on any atom is -0.510 e. The molecule has 0 aliphatic carbocycles. The predicted molar refractivity (Wildman–Crippen MR) is 190 cm³/mol. The summed E-state index contributed by atoms with van der Waals surface area (Å²) in [5.41, 5.74) is 13.7. The Labute approximate surface area is 261 Å². The normalized spacial score (nSPS) is 12.0. The second-order valence-corrected chi connectivity index (χ2v) is 10.8. The van der Waals surface area contributed by atoms with Crippen LogP contribution in [0.15, 0.2) is 145 Å². The SMILES string of the molecule is C=C(N=C/C=C\C)c1cc(-c2cccc(-c3cccc(-c4cccc(-c5cccc(/C(NC)=C(/C)O)c5)c4)c3)c2)ccc1C. The molecular weight excluding hydrogens is 536 g/mol. The third kappa shape index (κ3) is 6.79. The van der Waals surface area contributed by atoms with Crippen molar-refractivity contribution in [3.05, 3.63) is 156 Å². The summed E-state index contributed by atoms with van der Waals surface area (Å²) >= 11 is 0. The zero-order valence-electron chi connectivity index (χ0n) is 25.8. The number of rotatable bonds is 9. The summed E-state index contributed by atoms with van der Waals surface area (Å²) in [5, 5.41) is 13.2. The van der Waals surface area contributed by atoms with Crippen molar-refractivity contribution >= 4 is 17.6 Å². The van der Waals surface area contributed by atoms with Crippen LogP contribution in [-0.2, 0) is 0 Å². The van der Waals surface area contributed by atoms with Gasteiger partial charge in [-0.3, -0.25) is 4.99 Å². The Morgan fingerprint density at radius 1 is 0.682 bits per heavy atom. The number of nitrogens with one attached hydrogen (secondary N) is 1. The van der Waals surface area contributed by atoms with Gasteiger partial charge in [-0.25, -0.2) is 0 Å². The molecule has 0 radical (unpaired) electrons. The molecule has 5 aromatic carbocycles. The van der Waals surface area contributed by atoms with Crippen molar-refractivity contribution in [2.24, 2.45) is 4.99 Å². The molecule has 3 heteroatoms. The fourth-order valence-corrected chi connectivity index (χ4v) is 5.42. The highest BCUT2D eigenvalue weighted by Crippen LogP contribution is 2.33. The Balaban J connectivity index is 1.46. The van der Waals surface area contributed by atoms with Crippen LogP contribution in [0.1, 0.15) is 30.5 Å². The van der Waals surface area contributed by atoms with E-state index in [-0.39, 0.29) is 5.76 Å². The first-order valence-electron chi connectivity index (χ1n) is 14.8. The highest BCUT2D eigenvalue weighted by molar-refractivity contribution is 5.83. The van der Waals surface area contributed by atoms with Crippen molar-refractivity contribution in [3.8, 4) is 44.5 Å². The van der Waals surface area contributed by atoms with Crippen LogP contribution in [0.4, 0.5) is 0 Å². The van der Waals surface area contributed by atoms with Gasteiger partial charge in [0.05, 0.1) is 11.4 Å². The summed E-state index contributed by atoms with van der Waals surface area (Å²) in [7, 11) is 1.82. The summed E-state index contributed by atoms with van der Waals surface area (Å²) in [6, 6.07) is 40.7. The van der Waals surface area contributed by atoms with Crippen LogP contribution in [0.5, 0.6) is 0 Å². The lowest BCUT2D eigenvalue weighted by Crippen LogP contribution is -2.07. The number of aliphatic hydroxyl groups is 1. The first-order chi connectivity index (χ1) is 21.4. The van der Waals surface area contributed by atoms with Crippen LogP contribution in [0.3, 0.4) is 0 Å². The molecule has 0 bridgehead atoms. The lowest BCUT2D eigenvalue weighted by molar-refractivity contribution is 0.414. The monoisotopic (exact) mass is 574 g/mol. The zero-order valence-corrected chi connectivity index (χ0v) is 25.8. The van der Waals surface area contributed by atoms with E-state index in [1.54, 1.807) is 13.1 Å². The largest absolute Gasteiger partial charge is 0.510 e. The van der Waals surface area contributed by atoms with Crippen molar-refractivity contribution in [1.29, 1.82) is 0 Å². The third-order valence-electron chi connectivity index (χ3n) is 7.74. The fraction of sp³-hybridized carbons (Fsp3) is 0.0976. The Morgan fingerprint density at radius 3 is 1.59 bits per heavy atom. The van der Waals surface area contributed by atoms with Gasteiger partial charge in [0.25, 0.3) is 0 Å². The molecule has 0 atom stereocenters. The average Bonchev–Trinajstić information content (AvgIpc) is 3.05. The molecule has 0 fully saturated rings. The van der Waals surface area contributed by atoms with Crippen LogP contribution < -0.4 is 5.32 Å². The molecule has 0 heterocycles. The molecular formula is C41H38N2O. The van der Waals surface area contributed by atoms with Crippen molar-refractivity contribution in [2.75, 3.05) is 7.05 Å². The number of hydrogen-bond acceptors (Lipinski definition) is 3. The first-order valence-corrected chi connectivity index (χ1v) is 14.8. The van der Waals surface area contributed by atoms with E-state index in [9.17, 15) is 5.11 Å². The quantitative estimate of drug-likeness (QED) is 0.136. The molecule has 0 amide bonds. The fourth-order valence-electron chi connectivity index (χ4n) is 5.42. The Morgan fingerprint density at radius 2 is 1.14 bits per heavy atom. The van der Waals surface area contributed by atoms with Gasteiger partial charge in [0.15, 0.2) is 0 Å². The summed E-state index contributed by atoms with van der Waals surface area (Å²) < 4.78 is 0. The van der Waals surface area contributed by atoms with E-state index >= 15 is 0 Å². The average molecular weight is 575 g/mol. The van der Waals surface area contributed by atoms with E-state index in [0.717, 1.165) is 72.6 Å². The minimum atomic E-state index is 0.266. The Hall–Kier alpha value is -5.41. The van der Waals surface area contributed by atoms with Crippen LogP contribution in [-0.4, -0.2) is 18.4 Å². The number of benzene rings is 5. The van der Waals surface area contributed by atoms with Gasteiger partial charge in [0.2, 0.25) is 0 Å². The number of hydrogen-bond donors (Lipinski definition) is 2. The number of allylic oxidation sites excluding steroid dienone is 3. The molecule has 218 valence electrons. The van der Waals surface area contributed by atoms with E-state index in [1.807, 2.05) is 38.3 Å². The molecule has 3 nitrogen and oxygen atoms in total. The summed E-state index contributed by atoms with van der Waals surface area (Å²) in [6.07, 6.45) is 5.64. The van der Waals surface area contributed by atoms with Crippen LogP contribution in [0.25, 0.3) is 55.9 Å². The molecule has 0 unspecified atom stereocenters. The summed E-state index contributed by atoms with van der Waals surface area (Å²) in [6.45, 7) is 9.96. The topological polar surface area (TPSA) is 44.6 Å². The van der Waals surface area contributed by atoms with Gasteiger partial charge in [-0.15, -0.1) is 0 Å². The highest BCUT2D eigenvalue weighted by atomic mass is 16.3. The van der Waals surface area contributed by atoms with Gasteiger partial charge in [0, 0.05) is 24.4 Å². The van der Waals surface area contributed by atoms with Crippen molar-refractivity contribution in [3.63, 3.8) is 0 Å². The first kappa shape index (κ1) is 30.1. The zero-order chi connectivity index (χ0) is 31.1. The van der Waals surface area contributed by atoms with Crippen molar-refractivity contribution in [2.45, 2.75) is 20.8 Å². The van der Waals surface area contributed by atoms with E-state index in [4.69, 9.17) is 0 Å². The molecule has 5 rings (SSSR count). The number of aryl methyl sites for hydroxylation is 1. The molecule has 0 spiro atoms. The second kappa shape index (κ2) is 13.7. The Kier molecular flexibility index (Phi) is 9.37. The second-order valence-electron chi connectivity index (χ2n) is 10.8. The standard InChI is InChI=1S/C41H38N2O/c1-6-7-22-43-29(3)40-27-38(21-20-28(40)2)36-17-10-15-34(25-36)32-13-8-12-31(23-32)33-14-9-16-35(24-33)37-18-11-19-39(26-37)41(42-5)30(4)44/h6-27,42,44H,3H2,1-2,4-5H3/b7-6-,41-30+,43-22?. The third-order valence-corrected chi connectivity index (χ3v) is 7.74.